The Kier molecular flexibility index (Phi) is 11.2. The molecule has 0 radical (unpaired) electrons. The lowest BCUT2D eigenvalue weighted by Gasteiger charge is -2.30. The molecule has 0 aliphatic carbocycles. The number of anilines is 6. The number of hydrogen-bond donors (Lipinski definition) is 0. The van der Waals surface area contributed by atoms with Gasteiger partial charge >= 0.3 is 0 Å². The molecule has 10 rings (SSSR count). The second kappa shape index (κ2) is 17.3. The number of nitrogens with zero attached hydrogens (tertiary/aromatic N) is 4. The van der Waals surface area contributed by atoms with Crippen LogP contribution in [0.5, 0.6) is 0 Å². The van der Waals surface area contributed by atoms with Crippen LogP contribution in [0.3, 0.4) is 0 Å². The molecule has 4 nitrogen and oxygen atoms in total. The van der Waals surface area contributed by atoms with Gasteiger partial charge in [0.1, 0.15) is 23.3 Å². The molecule has 0 aromatic heterocycles. The fraction of sp³-hybridized carbons (Fsp3) is 0.129. The van der Waals surface area contributed by atoms with Crippen LogP contribution in [0.15, 0.2) is 170 Å². The van der Waals surface area contributed by atoms with E-state index < -0.39 is 23.3 Å². The monoisotopic (exact) mass is 922 g/mol. The zero-order valence-corrected chi connectivity index (χ0v) is 39.5. The van der Waals surface area contributed by atoms with Crippen LogP contribution in [0.2, 0.25) is 0 Å². The third kappa shape index (κ3) is 8.02. The molecule has 10 aromatic carbocycles. The van der Waals surface area contributed by atoms with Crippen molar-refractivity contribution < 1.29 is 17.6 Å². The summed E-state index contributed by atoms with van der Waals surface area (Å²) in [5.41, 5.74) is 5.71. The maximum Gasteiger partial charge on any atom is 0.148 e. The van der Waals surface area contributed by atoms with Gasteiger partial charge < -0.3 is 9.80 Å². The molecule has 0 unspecified atom stereocenters. The molecule has 10 aromatic rings. The molecular formula is C62H46F4N4. The van der Waals surface area contributed by atoms with Gasteiger partial charge in [-0.15, -0.1) is 0 Å². The topological polar surface area (TPSA) is 54.1 Å². The van der Waals surface area contributed by atoms with Crippen molar-refractivity contribution >= 4 is 66.4 Å². The van der Waals surface area contributed by atoms with Gasteiger partial charge in [-0.05, 0) is 127 Å². The Hall–Kier alpha value is -8.46. The molecule has 0 fully saturated rings. The van der Waals surface area contributed by atoms with Gasteiger partial charge in [0.15, 0.2) is 0 Å². The standard InChI is InChI=1S/C62H46F4N4/c1-61(2,3)43-11-7-9-41(29-43)49-31-53(65)57(33-51(49)63)69(45-21-13-37(35-67)14-22-45)55-27-19-39-18-26-48-56(28-20-40-17-25-47(55)59(39)60(40)48)70(46-23-15-38(36-68)16-24-46)58-34-52(64)50(32-54(58)66)42-10-8-12-44(30-42)62(4,5)6/h7-34H,1-6H3. The highest BCUT2D eigenvalue weighted by atomic mass is 19.1. The normalized spacial score (nSPS) is 11.8. The molecule has 0 atom stereocenters. The lowest BCUT2D eigenvalue weighted by Crippen LogP contribution is -2.14. The first-order valence-electron chi connectivity index (χ1n) is 23.0. The minimum atomic E-state index is -0.657. The van der Waals surface area contributed by atoms with E-state index in [1.807, 2.05) is 84.9 Å². The first-order chi connectivity index (χ1) is 33.5. The van der Waals surface area contributed by atoms with Crippen molar-refractivity contribution in [3.8, 4) is 34.4 Å². The molecule has 342 valence electrons. The summed E-state index contributed by atoms with van der Waals surface area (Å²) in [6.45, 7) is 12.4. The van der Waals surface area contributed by atoms with E-state index >= 15 is 17.6 Å². The Morgan fingerprint density at radius 2 is 0.757 bits per heavy atom. The molecule has 0 amide bonds. The van der Waals surface area contributed by atoms with Crippen molar-refractivity contribution in [2.45, 2.75) is 52.4 Å². The Morgan fingerprint density at radius 1 is 0.386 bits per heavy atom. The molecule has 0 N–H and O–H groups in total. The van der Waals surface area contributed by atoms with Crippen LogP contribution in [0.1, 0.15) is 63.8 Å². The van der Waals surface area contributed by atoms with Crippen LogP contribution in [-0.2, 0) is 10.8 Å². The first kappa shape index (κ1) is 45.3. The van der Waals surface area contributed by atoms with E-state index in [0.29, 0.717) is 55.8 Å². The molecule has 0 bridgehead atoms. The highest BCUT2D eigenvalue weighted by molar-refractivity contribution is 6.28. The maximum atomic E-state index is 17.0. The quantitative estimate of drug-likeness (QED) is 0.113. The predicted molar refractivity (Wildman–Crippen MR) is 277 cm³/mol. The number of halogens is 4. The van der Waals surface area contributed by atoms with E-state index in [-0.39, 0.29) is 33.3 Å². The Labute approximate surface area is 404 Å². The van der Waals surface area contributed by atoms with E-state index in [9.17, 15) is 10.5 Å². The van der Waals surface area contributed by atoms with Crippen LogP contribution in [0.4, 0.5) is 51.7 Å². The molecule has 70 heavy (non-hydrogen) atoms. The van der Waals surface area contributed by atoms with Gasteiger partial charge in [-0.25, -0.2) is 17.6 Å². The molecule has 0 saturated carbocycles. The average molecular weight is 923 g/mol. The summed E-state index contributed by atoms with van der Waals surface area (Å²) in [4.78, 5) is 3.34. The minimum absolute atomic E-state index is 0.0354. The van der Waals surface area contributed by atoms with Crippen LogP contribution >= 0.6 is 0 Å². The third-order valence-electron chi connectivity index (χ3n) is 13.2. The van der Waals surface area contributed by atoms with Crippen molar-refractivity contribution in [3.05, 3.63) is 215 Å². The molecular weight excluding hydrogens is 877 g/mol. The molecule has 0 aliphatic rings. The molecule has 0 heterocycles. The van der Waals surface area contributed by atoms with Crippen molar-refractivity contribution in [1.82, 2.24) is 0 Å². The van der Waals surface area contributed by atoms with Crippen LogP contribution in [0, 0.1) is 45.9 Å². The van der Waals surface area contributed by atoms with Gasteiger partial charge in [0.05, 0.1) is 46.0 Å². The first-order valence-corrected chi connectivity index (χ1v) is 23.0. The van der Waals surface area contributed by atoms with Gasteiger partial charge in [0, 0.05) is 45.4 Å². The molecule has 0 saturated heterocycles. The lowest BCUT2D eigenvalue weighted by molar-refractivity contribution is 0.589. The van der Waals surface area contributed by atoms with Crippen molar-refractivity contribution in [3.63, 3.8) is 0 Å². The lowest BCUT2D eigenvalue weighted by atomic mass is 9.85. The number of benzene rings is 10. The molecule has 0 spiro atoms. The largest absolute Gasteiger partial charge is 0.307 e. The second-order valence-electron chi connectivity index (χ2n) is 19.8. The fourth-order valence-corrected chi connectivity index (χ4v) is 9.51. The zero-order chi connectivity index (χ0) is 49.2. The summed E-state index contributed by atoms with van der Waals surface area (Å²) < 4.78 is 67.4. The zero-order valence-electron chi connectivity index (χ0n) is 39.5. The predicted octanol–water partition coefficient (Wildman–Crippen LogP) is 17.8. The van der Waals surface area contributed by atoms with E-state index in [0.717, 1.165) is 32.7 Å². The van der Waals surface area contributed by atoms with Gasteiger partial charge in [-0.2, -0.15) is 10.5 Å². The Morgan fingerprint density at radius 3 is 1.11 bits per heavy atom. The van der Waals surface area contributed by atoms with E-state index in [1.165, 1.54) is 24.3 Å². The van der Waals surface area contributed by atoms with Crippen LogP contribution in [0.25, 0.3) is 54.6 Å². The number of rotatable bonds is 8. The van der Waals surface area contributed by atoms with Crippen LogP contribution in [-0.4, -0.2) is 0 Å². The summed E-state index contributed by atoms with van der Waals surface area (Å²) in [5, 5.41) is 24.2. The van der Waals surface area contributed by atoms with Gasteiger partial charge in [-0.3, -0.25) is 0 Å². The summed E-state index contributed by atoms with van der Waals surface area (Å²) in [6.07, 6.45) is 0. The van der Waals surface area contributed by atoms with Gasteiger partial charge in [0.2, 0.25) is 0 Å². The SMILES string of the molecule is CC(C)(C)c1cccc(-c2cc(F)c(N(c3ccc(C#N)cc3)c3ccc4ccc5c(N(c6ccc(C#N)cc6)c6cc(F)c(-c7cccc(C(C)(C)C)c7)cc6F)ccc6ccc3c4c65)cc2F)c1. The number of nitriles is 2. The van der Waals surface area contributed by atoms with Crippen molar-refractivity contribution in [1.29, 1.82) is 10.5 Å². The van der Waals surface area contributed by atoms with Crippen LogP contribution < -0.4 is 9.80 Å². The highest BCUT2D eigenvalue weighted by Gasteiger charge is 2.27. The van der Waals surface area contributed by atoms with E-state index in [2.05, 4.69) is 53.7 Å². The Bertz CT molecular complexity index is 3510. The second-order valence-corrected chi connectivity index (χ2v) is 19.8. The smallest absolute Gasteiger partial charge is 0.148 e. The van der Waals surface area contributed by atoms with Gasteiger partial charge in [-0.1, -0.05) is 126 Å². The average Bonchev–Trinajstić information content (AvgIpc) is 3.35. The maximum absolute atomic E-state index is 17.0. The summed E-state index contributed by atoms with van der Waals surface area (Å²) >= 11 is 0. The summed E-state index contributed by atoms with van der Waals surface area (Å²) in [5.74, 6) is -2.53. The summed E-state index contributed by atoms with van der Waals surface area (Å²) in [6, 6.07) is 53.0. The molecule has 8 heteroatoms. The van der Waals surface area contributed by atoms with E-state index in [4.69, 9.17) is 0 Å². The fourth-order valence-electron chi connectivity index (χ4n) is 9.51. The minimum Gasteiger partial charge on any atom is -0.307 e. The van der Waals surface area contributed by atoms with Crippen molar-refractivity contribution in [2.75, 3.05) is 9.80 Å². The Balaban J connectivity index is 1.18. The molecule has 0 aliphatic heterocycles. The third-order valence-corrected chi connectivity index (χ3v) is 13.2. The van der Waals surface area contributed by atoms with Crippen molar-refractivity contribution in [2.24, 2.45) is 0 Å². The van der Waals surface area contributed by atoms with E-state index in [1.54, 1.807) is 70.5 Å². The summed E-state index contributed by atoms with van der Waals surface area (Å²) in [7, 11) is 0. The van der Waals surface area contributed by atoms with Gasteiger partial charge in [0.25, 0.3) is 0 Å². The number of hydrogen-bond acceptors (Lipinski definition) is 4. The highest BCUT2D eigenvalue weighted by Crippen LogP contribution is 2.49.